The van der Waals surface area contributed by atoms with Crippen LogP contribution >= 0.6 is 0 Å². The number of methoxy groups -OCH3 is 2. The molecule has 0 aromatic heterocycles. The first-order chi connectivity index (χ1) is 15.1. The fourth-order valence-electron chi connectivity index (χ4n) is 3.54. The number of carbonyl (C=O) groups excluding carboxylic acids is 2. The molecule has 0 aliphatic carbocycles. The molecule has 1 fully saturated rings. The number of hydrogen-bond acceptors (Lipinski definition) is 5. The summed E-state index contributed by atoms with van der Waals surface area (Å²) in [6, 6.07) is 12.2. The number of carbonyl (C=O) groups is 2. The Morgan fingerprint density at radius 2 is 1.74 bits per heavy atom. The topological polar surface area (TPSA) is 91.9 Å². The van der Waals surface area contributed by atoms with Crippen LogP contribution in [0, 0.1) is 0 Å². The summed E-state index contributed by atoms with van der Waals surface area (Å²) in [6.07, 6.45) is 2.96. The Hall–Kier alpha value is -3.26. The molecular formula is C23H30N4O4. The number of nitrogens with one attached hydrogen (secondary N) is 3. The largest absolute Gasteiger partial charge is 0.497 e. The van der Waals surface area contributed by atoms with Crippen LogP contribution in [0.4, 0.5) is 21.9 Å². The highest BCUT2D eigenvalue weighted by molar-refractivity contribution is 6.04. The van der Waals surface area contributed by atoms with Gasteiger partial charge in [-0.3, -0.25) is 4.79 Å². The van der Waals surface area contributed by atoms with Crippen molar-refractivity contribution in [3.63, 3.8) is 0 Å². The van der Waals surface area contributed by atoms with E-state index in [4.69, 9.17) is 9.47 Å². The molecule has 31 heavy (non-hydrogen) atoms. The first kappa shape index (κ1) is 22.4. The highest BCUT2D eigenvalue weighted by Gasteiger charge is 2.20. The van der Waals surface area contributed by atoms with E-state index in [-0.39, 0.29) is 5.91 Å². The number of rotatable bonds is 9. The number of anilines is 3. The van der Waals surface area contributed by atoms with E-state index in [0.29, 0.717) is 35.8 Å². The molecule has 3 N–H and O–H groups in total. The van der Waals surface area contributed by atoms with Gasteiger partial charge in [0.2, 0.25) is 0 Å². The minimum Gasteiger partial charge on any atom is -0.497 e. The van der Waals surface area contributed by atoms with E-state index in [1.54, 1.807) is 44.6 Å². The predicted molar refractivity (Wildman–Crippen MR) is 122 cm³/mol. The van der Waals surface area contributed by atoms with Gasteiger partial charge in [0, 0.05) is 56.5 Å². The molecule has 2 aromatic rings. The maximum Gasteiger partial charge on any atom is 0.323 e. The van der Waals surface area contributed by atoms with Crippen molar-refractivity contribution in [1.82, 2.24) is 5.32 Å². The Morgan fingerprint density at radius 1 is 1.00 bits per heavy atom. The molecule has 1 saturated heterocycles. The molecule has 2 aromatic carbocycles. The number of ether oxygens (including phenoxy) is 2. The van der Waals surface area contributed by atoms with Gasteiger partial charge in [0.25, 0.3) is 5.91 Å². The maximum atomic E-state index is 12.9. The van der Waals surface area contributed by atoms with E-state index < -0.39 is 6.03 Å². The molecular weight excluding hydrogens is 396 g/mol. The lowest BCUT2D eigenvalue weighted by Gasteiger charge is -2.22. The number of urea groups is 1. The molecule has 8 nitrogen and oxygen atoms in total. The van der Waals surface area contributed by atoms with E-state index in [0.717, 1.165) is 38.0 Å². The Bertz CT molecular complexity index is 897. The van der Waals surface area contributed by atoms with Crippen molar-refractivity contribution in [3.8, 4) is 5.75 Å². The van der Waals surface area contributed by atoms with Crippen molar-refractivity contribution in [2.24, 2.45) is 0 Å². The predicted octanol–water partition coefficient (Wildman–Crippen LogP) is 3.71. The van der Waals surface area contributed by atoms with Crippen LogP contribution in [0.3, 0.4) is 0 Å². The zero-order valence-electron chi connectivity index (χ0n) is 18.1. The summed E-state index contributed by atoms with van der Waals surface area (Å²) in [7, 11) is 3.21. The number of hydrogen-bond donors (Lipinski definition) is 3. The number of benzene rings is 2. The van der Waals surface area contributed by atoms with Crippen molar-refractivity contribution in [3.05, 3.63) is 48.0 Å². The molecule has 0 atom stereocenters. The van der Waals surface area contributed by atoms with Gasteiger partial charge >= 0.3 is 6.03 Å². The van der Waals surface area contributed by atoms with Gasteiger partial charge in [-0.25, -0.2) is 4.79 Å². The summed E-state index contributed by atoms with van der Waals surface area (Å²) in [5.41, 5.74) is 2.60. The zero-order chi connectivity index (χ0) is 22.1. The van der Waals surface area contributed by atoms with Gasteiger partial charge in [0.15, 0.2) is 0 Å². The molecule has 166 valence electrons. The zero-order valence-corrected chi connectivity index (χ0v) is 18.1. The van der Waals surface area contributed by atoms with E-state index in [9.17, 15) is 9.59 Å². The Kier molecular flexibility index (Phi) is 8.12. The van der Waals surface area contributed by atoms with Crippen LogP contribution in [0.25, 0.3) is 0 Å². The number of nitrogens with zero attached hydrogens (tertiary/aromatic N) is 1. The van der Waals surface area contributed by atoms with E-state index in [1.165, 1.54) is 0 Å². The fraction of sp³-hybridized carbons (Fsp3) is 0.391. The van der Waals surface area contributed by atoms with Gasteiger partial charge in [-0.05, 0) is 49.6 Å². The summed E-state index contributed by atoms with van der Waals surface area (Å²) in [5, 5.41) is 8.53. The second kappa shape index (κ2) is 11.2. The second-order valence-corrected chi connectivity index (χ2v) is 7.34. The summed E-state index contributed by atoms with van der Waals surface area (Å²) < 4.78 is 10.2. The van der Waals surface area contributed by atoms with Crippen molar-refractivity contribution < 1.29 is 19.1 Å². The molecule has 8 heteroatoms. The smallest absolute Gasteiger partial charge is 0.323 e. The highest BCUT2D eigenvalue weighted by Crippen LogP contribution is 2.28. The van der Waals surface area contributed by atoms with Crippen LogP contribution in [0.15, 0.2) is 42.5 Å². The van der Waals surface area contributed by atoms with Crippen molar-refractivity contribution in [1.29, 1.82) is 0 Å². The molecule has 3 amide bonds. The van der Waals surface area contributed by atoms with Crippen molar-refractivity contribution >= 4 is 29.0 Å². The average molecular weight is 427 g/mol. The van der Waals surface area contributed by atoms with Crippen LogP contribution in [-0.4, -0.2) is 52.4 Å². The molecule has 0 unspecified atom stereocenters. The van der Waals surface area contributed by atoms with Gasteiger partial charge in [0.1, 0.15) is 5.75 Å². The standard InChI is InChI=1S/C23H30N4O4/c1-30-14-6-11-24-22(28)20-16-18(9-10-21(20)27-12-3-4-13-27)26-23(29)25-17-7-5-8-19(15-17)31-2/h5,7-10,15-16H,3-4,6,11-14H2,1-2H3,(H,24,28)(H2,25,26,29). The van der Waals surface area contributed by atoms with Crippen LogP contribution in [0.2, 0.25) is 0 Å². The lowest BCUT2D eigenvalue weighted by molar-refractivity contribution is 0.0949. The lowest BCUT2D eigenvalue weighted by atomic mass is 10.1. The summed E-state index contributed by atoms with van der Waals surface area (Å²) in [5.74, 6) is 0.495. The summed E-state index contributed by atoms with van der Waals surface area (Å²) >= 11 is 0. The van der Waals surface area contributed by atoms with Gasteiger partial charge in [-0.1, -0.05) is 6.07 Å². The van der Waals surface area contributed by atoms with Crippen LogP contribution in [-0.2, 0) is 4.74 Å². The third-order valence-corrected chi connectivity index (χ3v) is 5.08. The molecule has 1 aliphatic rings. The van der Waals surface area contributed by atoms with Gasteiger partial charge < -0.3 is 30.3 Å². The fourth-order valence-corrected chi connectivity index (χ4v) is 3.54. The Morgan fingerprint density at radius 3 is 2.45 bits per heavy atom. The van der Waals surface area contributed by atoms with E-state index >= 15 is 0 Å². The molecule has 0 radical (unpaired) electrons. The third kappa shape index (κ3) is 6.36. The van der Waals surface area contributed by atoms with Crippen LogP contribution < -0.4 is 25.6 Å². The van der Waals surface area contributed by atoms with Crippen molar-refractivity contribution in [2.75, 3.05) is 56.0 Å². The Balaban J connectivity index is 1.72. The monoisotopic (exact) mass is 426 g/mol. The van der Waals surface area contributed by atoms with Crippen LogP contribution in [0.1, 0.15) is 29.6 Å². The van der Waals surface area contributed by atoms with Gasteiger partial charge in [-0.2, -0.15) is 0 Å². The summed E-state index contributed by atoms with van der Waals surface area (Å²) in [4.78, 5) is 27.5. The van der Waals surface area contributed by atoms with Gasteiger partial charge in [-0.15, -0.1) is 0 Å². The van der Waals surface area contributed by atoms with Gasteiger partial charge in [0.05, 0.1) is 12.7 Å². The van der Waals surface area contributed by atoms with Crippen LogP contribution in [0.5, 0.6) is 5.75 Å². The SMILES string of the molecule is COCCCNC(=O)c1cc(NC(=O)Nc2cccc(OC)c2)ccc1N1CCCC1. The molecule has 3 rings (SSSR count). The normalized spacial score (nSPS) is 13.0. The molecule has 1 aliphatic heterocycles. The Labute approximate surface area is 182 Å². The lowest BCUT2D eigenvalue weighted by Crippen LogP contribution is -2.29. The molecule has 0 saturated carbocycles. The third-order valence-electron chi connectivity index (χ3n) is 5.08. The summed E-state index contributed by atoms with van der Waals surface area (Å²) in [6.45, 7) is 2.96. The van der Waals surface area contributed by atoms with Crippen molar-refractivity contribution in [2.45, 2.75) is 19.3 Å². The second-order valence-electron chi connectivity index (χ2n) is 7.34. The number of amides is 3. The highest BCUT2D eigenvalue weighted by atomic mass is 16.5. The first-order valence-corrected chi connectivity index (χ1v) is 10.5. The maximum absolute atomic E-state index is 12.9. The van der Waals surface area contributed by atoms with E-state index in [2.05, 4.69) is 20.9 Å². The quantitative estimate of drug-likeness (QED) is 0.532. The molecule has 0 spiro atoms. The minimum absolute atomic E-state index is 0.158. The molecule has 1 heterocycles. The average Bonchev–Trinajstić information content (AvgIpc) is 3.31. The minimum atomic E-state index is -0.395. The first-order valence-electron chi connectivity index (χ1n) is 10.5. The van der Waals surface area contributed by atoms with E-state index in [1.807, 2.05) is 12.1 Å². The molecule has 0 bridgehead atoms.